The molecule has 0 fully saturated rings. The van der Waals surface area contributed by atoms with E-state index in [4.69, 9.17) is 15.4 Å². The van der Waals surface area contributed by atoms with Crippen molar-refractivity contribution in [1.29, 1.82) is 0 Å². The molecule has 2 heterocycles. The lowest BCUT2D eigenvalue weighted by atomic mass is 9.86. The first-order valence-electron chi connectivity index (χ1n) is 15.4. The molecule has 5 rings (SSSR count). The van der Waals surface area contributed by atoms with E-state index in [1.165, 1.54) is 12.3 Å². The van der Waals surface area contributed by atoms with Crippen molar-refractivity contribution >= 4 is 21.9 Å². The Morgan fingerprint density at radius 3 is 2.44 bits per heavy atom. The highest BCUT2D eigenvalue weighted by Gasteiger charge is 2.23. The third kappa shape index (κ3) is 3.92. The summed E-state index contributed by atoms with van der Waals surface area (Å²) in [5, 5.41) is 1.88. The topological polar surface area (TPSA) is 17.0 Å². The van der Waals surface area contributed by atoms with Crippen LogP contribution in [-0.2, 0) is 13.4 Å². The normalized spacial score (nSPS) is 16.7. The van der Waals surface area contributed by atoms with Crippen molar-refractivity contribution in [2.24, 2.45) is 12.5 Å². The second-order valence-corrected chi connectivity index (χ2v) is 9.96. The van der Waals surface area contributed by atoms with Crippen molar-refractivity contribution in [3.63, 3.8) is 0 Å². The van der Waals surface area contributed by atoms with Gasteiger partial charge in [-0.15, -0.1) is 0 Å². The van der Waals surface area contributed by atoms with Gasteiger partial charge in [0.15, 0.2) is 6.20 Å². The van der Waals surface area contributed by atoms with E-state index in [0.717, 1.165) is 27.5 Å². The van der Waals surface area contributed by atoms with Crippen LogP contribution < -0.4 is 4.57 Å². The predicted molar refractivity (Wildman–Crippen MR) is 143 cm³/mol. The van der Waals surface area contributed by atoms with Crippen molar-refractivity contribution in [1.82, 2.24) is 0 Å². The number of nitrogens with zero attached hydrogens (tertiary/aromatic N) is 1. The summed E-state index contributed by atoms with van der Waals surface area (Å²) < 4.78 is 75.6. The summed E-state index contributed by atoms with van der Waals surface area (Å²) in [7, 11) is 1.76. The van der Waals surface area contributed by atoms with Crippen molar-refractivity contribution in [3.8, 4) is 22.4 Å². The molecule has 34 heavy (non-hydrogen) atoms. The number of rotatable bonds is 3. The summed E-state index contributed by atoms with van der Waals surface area (Å²) in [5.41, 5.74) is 3.54. The number of furan rings is 1. The molecule has 0 saturated carbocycles. The Hall–Kier alpha value is -3.39. The van der Waals surface area contributed by atoms with Gasteiger partial charge in [0, 0.05) is 33.4 Å². The lowest BCUT2D eigenvalue weighted by Gasteiger charge is -2.19. The van der Waals surface area contributed by atoms with Crippen LogP contribution >= 0.6 is 0 Å². The lowest BCUT2D eigenvalue weighted by molar-refractivity contribution is -0.660. The molecular formula is C32H34NO+. The molecule has 0 atom stereocenters. The number of pyridine rings is 1. The molecule has 0 radical (unpaired) electrons. The van der Waals surface area contributed by atoms with Gasteiger partial charge in [-0.2, -0.15) is 0 Å². The minimum absolute atomic E-state index is 0.000246. The summed E-state index contributed by atoms with van der Waals surface area (Å²) >= 11 is 0. The van der Waals surface area contributed by atoms with E-state index < -0.39 is 25.5 Å². The Morgan fingerprint density at radius 1 is 0.882 bits per heavy atom. The number of hydrogen-bond donors (Lipinski definition) is 0. The van der Waals surface area contributed by atoms with Crippen molar-refractivity contribution in [3.05, 3.63) is 89.1 Å². The van der Waals surface area contributed by atoms with E-state index in [1.807, 2.05) is 43.3 Å². The van der Waals surface area contributed by atoms with Gasteiger partial charge in [-0.1, -0.05) is 69.3 Å². The standard InChI is InChI=1S/C32H34NO/c1-20-12-14-26-25-10-8-9-11-29(25)34-31(26)30(20)28-17-27(22(3)19-33(28)7)24-15-13-23(16-21(24)2)18-32(4,5)6/h8-17,19H,18H2,1-7H3/q+1/i2D3,3D3,18D2. The molecule has 2 aromatic heterocycles. The van der Waals surface area contributed by atoms with Crippen LogP contribution in [0.25, 0.3) is 44.3 Å². The Morgan fingerprint density at radius 2 is 1.68 bits per heavy atom. The second-order valence-electron chi connectivity index (χ2n) is 9.96. The molecule has 3 aromatic carbocycles. The summed E-state index contributed by atoms with van der Waals surface area (Å²) in [6.07, 6.45) is -0.301. The molecule has 0 aliphatic rings. The second kappa shape index (κ2) is 8.13. The Kier molecular flexibility index (Phi) is 3.53. The third-order valence-corrected chi connectivity index (χ3v) is 6.11. The number of fused-ring (bicyclic) bond motifs is 3. The van der Waals surface area contributed by atoms with Gasteiger partial charge in [-0.3, -0.25) is 0 Å². The van der Waals surface area contributed by atoms with Gasteiger partial charge < -0.3 is 4.42 Å². The lowest BCUT2D eigenvalue weighted by Crippen LogP contribution is -2.31. The van der Waals surface area contributed by atoms with Gasteiger partial charge in [-0.25, -0.2) is 4.57 Å². The minimum Gasteiger partial charge on any atom is -0.455 e. The Labute approximate surface area is 214 Å². The van der Waals surface area contributed by atoms with Crippen molar-refractivity contribution in [2.45, 2.75) is 47.8 Å². The van der Waals surface area contributed by atoms with Gasteiger partial charge in [0.2, 0.25) is 5.69 Å². The van der Waals surface area contributed by atoms with Gasteiger partial charge >= 0.3 is 0 Å². The fraction of sp³-hybridized carbons (Fsp3) is 0.281. The predicted octanol–water partition coefficient (Wildman–Crippen LogP) is 8.26. The van der Waals surface area contributed by atoms with Crippen molar-refractivity contribution in [2.75, 3.05) is 0 Å². The maximum absolute atomic E-state index is 8.74. The minimum atomic E-state index is -2.63. The van der Waals surface area contributed by atoms with E-state index in [0.29, 0.717) is 11.3 Å². The van der Waals surface area contributed by atoms with Gasteiger partial charge in [0.25, 0.3) is 0 Å². The maximum Gasteiger partial charge on any atom is 0.216 e. The van der Waals surface area contributed by atoms with Gasteiger partial charge in [0.1, 0.15) is 18.2 Å². The molecular weight excluding hydrogens is 414 g/mol. The maximum atomic E-state index is 8.74. The van der Waals surface area contributed by atoms with E-state index in [2.05, 4.69) is 0 Å². The van der Waals surface area contributed by atoms with Crippen LogP contribution in [-0.4, -0.2) is 0 Å². The molecule has 0 aliphatic heterocycles. The summed E-state index contributed by atoms with van der Waals surface area (Å²) in [6, 6.07) is 17.9. The van der Waals surface area contributed by atoms with E-state index in [-0.39, 0.29) is 27.8 Å². The average molecular weight is 457 g/mol. The molecule has 2 heteroatoms. The molecule has 5 aromatic rings. The van der Waals surface area contributed by atoms with E-state index >= 15 is 0 Å². The number of aryl methyl sites for hydroxylation is 4. The SMILES string of the molecule is [2H]C([2H])([2H])c1cc(C([2H])([2H])C(C)(C)C)ccc1-c1cc(-c2c(C)ccc3c2oc2ccccc23)[n+](C)cc1C([2H])([2H])[2H]. The molecule has 2 nitrogen and oxygen atoms in total. The van der Waals surface area contributed by atoms with Crippen LogP contribution in [0.4, 0.5) is 0 Å². The summed E-state index contributed by atoms with van der Waals surface area (Å²) in [4.78, 5) is 0. The smallest absolute Gasteiger partial charge is 0.216 e. The first-order chi connectivity index (χ1) is 19.3. The zero-order valence-electron chi connectivity index (χ0n) is 28.2. The number of benzene rings is 3. The monoisotopic (exact) mass is 456 g/mol. The van der Waals surface area contributed by atoms with Crippen LogP contribution in [0.1, 0.15) is 54.0 Å². The van der Waals surface area contributed by atoms with Crippen LogP contribution in [0.3, 0.4) is 0 Å². The molecule has 0 unspecified atom stereocenters. The van der Waals surface area contributed by atoms with Crippen molar-refractivity contribution < 1.29 is 20.0 Å². The molecule has 0 spiro atoms. The van der Waals surface area contributed by atoms with Crippen LogP contribution in [0, 0.1) is 26.0 Å². The van der Waals surface area contributed by atoms with E-state index in [9.17, 15) is 0 Å². The molecule has 0 amide bonds. The van der Waals surface area contributed by atoms with E-state index in [1.54, 1.807) is 50.6 Å². The Balaban J connectivity index is 1.85. The fourth-order valence-electron chi connectivity index (χ4n) is 4.62. The number of hydrogen-bond acceptors (Lipinski definition) is 1. The fourth-order valence-corrected chi connectivity index (χ4v) is 4.62. The van der Waals surface area contributed by atoms with Crippen LogP contribution in [0.15, 0.2) is 71.3 Å². The molecule has 0 saturated heterocycles. The molecule has 172 valence electrons. The van der Waals surface area contributed by atoms with Gasteiger partial charge in [0.05, 0.1) is 5.56 Å². The van der Waals surface area contributed by atoms with Crippen LogP contribution in [0.2, 0.25) is 0 Å². The summed E-state index contributed by atoms with van der Waals surface area (Å²) in [5.74, 6) is 0. The largest absolute Gasteiger partial charge is 0.455 e. The third-order valence-electron chi connectivity index (χ3n) is 6.11. The highest BCUT2D eigenvalue weighted by atomic mass is 16.3. The molecule has 0 N–H and O–H groups in total. The Bertz CT molecular complexity index is 1840. The first kappa shape index (κ1) is 14.8. The van der Waals surface area contributed by atoms with Gasteiger partial charge in [-0.05, 0) is 66.3 Å². The highest BCUT2D eigenvalue weighted by molar-refractivity contribution is 6.09. The zero-order valence-corrected chi connectivity index (χ0v) is 20.2. The average Bonchev–Trinajstić information content (AvgIpc) is 3.25. The zero-order chi connectivity index (χ0) is 31.0. The summed E-state index contributed by atoms with van der Waals surface area (Å²) in [6.45, 7) is 2.05. The quantitative estimate of drug-likeness (QED) is 0.250. The number of para-hydroxylation sites is 1. The highest BCUT2D eigenvalue weighted by Crippen LogP contribution is 2.38. The molecule has 0 bridgehead atoms. The molecule has 0 aliphatic carbocycles. The first-order valence-corrected chi connectivity index (χ1v) is 11.4. The number of aromatic nitrogens is 1. The van der Waals surface area contributed by atoms with Crippen LogP contribution in [0.5, 0.6) is 0 Å².